The van der Waals surface area contributed by atoms with E-state index in [9.17, 15) is 4.79 Å². The molecule has 2 fully saturated rings. The maximum absolute atomic E-state index is 11.6. The number of nitrogens with zero attached hydrogens (tertiary/aromatic N) is 1. The van der Waals surface area contributed by atoms with E-state index in [1.807, 2.05) is 0 Å². The first-order valence-corrected chi connectivity index (χ1v) is 5.98. The number of amides is 1. The van der Waals surface area contributed by atoms with Crippen molar-refractivity contribution in [2.45, 2.75) is 44.6 Å². The molecule has 0 radical (unpaired) electrons. The topological polar surface area (TPSA) is 55.6 Å². The monoisotopic (exact) mass is 212 g/mol. The predicted octanol–water partition coefficient (Wildman–Crippen LogP) is 1.06. The van der Waals surface area contributed by atoms with Gasteiger partial charge in [0.25, 0.3) is 0 Å². The minimum absolute atomic E-state index is 0.107. The predicted molar refractivity (Wildman–Crippen MR) is 56.8 cm³/mol. The number of carbonyl (C=O) groups excluding carboxylic acids is 1. The van der Waals surface area contributed by atoms with Crippen molar-refractivity contribution in [3.05, 3.63) is 0 Å². The smallest absolute Gasteiger partial charge is 0.248 e. The van der Waals surface area contributed by atoms with Crippen molar-refractivity contribution in [2.24, 2.45) is 11.7 Å². The van der Waals surface area contributed by atoms with Gasteiger partial charge in [0.1, 0.15) is 0 Å². The first kappa shape index (κ1) is 10.9. The van der Waals surface area contributed by atoms with Crippen LogP contribution in [0.5, 0.6) is 0 Å². The molecule has 0 bridgehead atoms. The Morgan fingerprint density at radius 2 is 2.07 bits per heavy atom. The molecular weight excluding hydrogens is 192 g/mol. The van der Waals surface area contributed by atoms with Crippen LogP contribution in [0.2, 0.25) is 0 Å². The molecule has 2 rings (SSSR count). The third-order valence-electron chi connectivity index (χ3n) is 3.42. The molecule has 4 heteroatoms. The zero-order chi connectivity index (χ0) is 10.7. The van der Waals surface area contributed by atoms with Crippen LogP contribution in [0, 0.1) is 5.92 Å². The lowest BCUT2D eigenvalue weighted by Crippen LogP contribution is -2.30. The molecule has 1 unspecified atom stereocenters. The molecule has 1 aliphatic heterocycles. The summed E-state index contributed by atoms with van der Waals surface area (Å²) in [5.41, 5.74) is 5.42. The quantitative estimate of drug-likeness (QED) is 0.761. The summed E-state index contributed by atoms with van der Waals surface area (Å²) in [5, 5.41) is 1.46. The first-order valence-electron chi connectivity index (χ1n) is 5.98. The van der Waals surface area contributed by atoms with Gasteiger partial charge in [-0.15, -0.1) is 0 Å². The highest BCUT2D eigenvalue weighted by atomic mass is 16.7. The van der Waals surface area contributed by atoms with Crippen LogP contribution >= 0.6 is 0 Å². The van der Waals surface area contributed by atoms with Gasteiger partial charge in [0.05, 0.1) is 19.1 Å². The summed E-state index contributed by atoms with van der Waals surface area (Å²) in [6.45, 7) is 1.01. The van der Waals surface area contributed by atoms with E-state index in [0.29, 0.717) is 25.4 Å². The molecular formula is C11H20N2O2. The molecule has 0 aromatic carbocycles. The molecule has 1 saturated carbocycles. The van der Waals surface area contributed by atoms with Gasteiger partial charge in [0, 0.05) is 6.54 Å². The third-order valence-corrected chi connectivity index (χ3v) is 3.42. The molecule has 86 valence electrons. The molecule has 1 amide bonds. The van der Waals surface area contributed by atoms with Crippen molar-refractivity contribution in [2.75, 3.05) is 13.1 Å². The van der Waals surface area contributed by atoms with Crippen LogP contribution in [0.3, 0.4) is 0 Å². The maximum atomic E-state index is 11.6. The van der Waals surface area contributed by atoms with Crippen molar-refractivity contribution in [1.82, 2.24) is 5.06 Å². The van der Waals surface area contributed by atoms with Gasteiger partial charge in [-0.3, -0.25) is 9.63 Å². The zero-order valence-corrected chi connectivity index (χ0v) is 9.15. The number of carbonyl (C=O) groups is 1. The summed E-state index contributed by atoms with van der Waals surface area (Å²) in [6, 6.07) is 0. The van der Waals surface area contributed by atoms with Crippen LogP contribution < -0.4 is 5.73 Å². The van der Waals surface area contributed by atoms with Crippen molar-refractivity contribution in [3.8, 4) is 0 Å². The lowest BCUT2D eigenvalue weighted by molar-refractivity contribution is -0.179. The summed E-state index contributed by atoms with van der Waals surface area (Å²) >= 11 is 0. The molecule has 4 nitrogen and oxygen atoms in total. The van der Waals surface area contributed by atoms with Crippen LogP contribution in [0.1, 0.15) is 38.5 Å². The SMILES string of the molecule is NCCN1OC(C2CCCCC2)CC1=O. The summed E-state index contributed by atoms with van der Waals surface area (Å²) in [7, 11) is 0. The van der Waals surface area contributed by atoms with Gasteiger partial charge >= 0.3 is 0 Å². The van der Waals surface area contributed by atoms with Gasteiger partial charge in [0.2, 0.25) is 5.91 Å². The largest absolute Gasteiger partial charge is 0.329 e. The van der Waals surface area contributed by atoms with Crippen molar-refractivity contribution in [1.29, 1.82) is 0 Å². The first-order chi connectivity index (χ1) is 7.31. The van der Waals surface area contributed by atoms with E-state index in [1.54, 1.807) is 0 Å². The van der Waals surface area contributed by atoms with Gasteiger partial charge in [-0.1, -0.05) is 19.3 Å². The normalized spacial score (nSPS) is 28.7. The Hall–Kier alpha value is -0.610. The molecule has 0 spiro atoms. The number of nitrogens with two attached hydrogens (primary N) is 1. The highest BCUT2D eigenvalue weighted by Crippen LogP contribution is 2.32. The average molecular weight is 212 g/mol. The summed E-state index contributed by atoms with van der Waals surface area (Å²) in [5.74, 6) is 0.696. The van der Waals surface area contributed by atoms with Gasteiger partial charge < -0.3 is 5.73 Å². The third kappa shape index (κ3) is 2.49. The van der Waals surface area contributed by atoms with Crippen molar-refractivity contribution < 1.29 is 9.63 Å². The molecule has 2 aliphatic rings. The number of hydrogen-bond donors (Lipinski definition) is 1. The molecule has 1 heterocycles. The van der Waals surface area contributed by atoms with E-state index in [2.05, 4.69) is 0 Å². The van der Waals surface area contributed by atoms with E-state index in [0.717, 1.165) is 0 Å². The van der Waals surface area contributed by atoms with Crippen LogP contribution in [0.25, 0.3) is 0 Å². The van der Waals surface area contributed by atoms with Crippen LogP contribution in [-0.4, -0.2) is 30.2 Å². The lowest BCUT2D eigenvalue weighted by atomic mass is 9.84. The van der Waals surface area contributed by atoms with Gasteiger partial charge in [0.15, 0.2) is 0 Å². The molecule has 1 saturated heterocycles. The minimum Gasteiger partial charge on any atom is -0.329 e. The van der Waals surface area contributed by atoms with E-state index >= 15 is 0 Å². The number of rotatable bonds is 3. The molecule has 15 heavy (non-hydrogen) atoms. The van der Waals surface area contributed by atoms with E-state index in [-0.39, 0.29) is 12.0 Å². The van der Waals surface area contributed by atoms with E-state index in [1.165, 1.54) is 37.2 Å². The Bertz CT molecular complexity index is 227. The Kier molecular flexibility index (Phi) is 3.59. The van der Waals surface area contributed by atoms with Crippen LogP contribution in [0.4, 0.5) is 0 Å². The highest BCUT2D eigenvalue weighted by molar-refractivity contribution is 5.77. The molecule has 1 aliphatic carbocycles. The number of hydrogen-bond acceptors (Lipinski definition) is 3. The summed E-state index contributed by atoms with van der Waals surface area (Å²) in [4.78, 5) is 17.2. The summed E-state index contributed by atoms with van der Waals surface area (Å²) in [6.07, 6.45) is 7.03. The maximum Gasteiger partial charge on any atom is 0.248 e. The van der Waals surface area contributed by atoms with Gasteiger partial charge in [-0.2, -0.15) is 0 Å². The lowest BCUT2D eigenvalue weighted by Gasteiger charge is -2.26. The van der Waals surface area contributed by atoms with Crippen molar-refractivity contribution >= 4 is 5.91 Å². The van der Waals surface area contributed by atoms with E-state index in [4.69, 9.17) is 10.6 Å². The molecule has 1 atom stereocenters. The second-order valence-electron chi connectivity index (χ2n) is 4.53. The zero-order valence-electron chi connectivity index (χ0n) is 9.15. The minimum atomic E-state index is 0.107. The summed E-state index contributed by atoms with van der Waals surface area (Å²) < 4.78 is 0. The second-order valence-corrected chi connectivity index (χ2v) is 4.53. The Balaban J connectivity index is 1.87. The van der Waals surface area contributed by atoms with Gasteiger partial charge in [-0.25, -0.2) is 5.06 Å². The Morgan fingerprint density at radius 1 is 1.33 bits per heavy atom. The standard InChI is InChI=1S/C11H20N2O2/c12-6-7-13-11(14)8-10(15-13)9-4-2-1-3-5-9/h9-10H,1-8,12H2. The van der Waals surface area contributed by atoms with Crippen molar-refractivity contribution in [3.63, 3.8) is 0 Å². The molecule has 2 N–H and O–H groups in total. The molecule has 0 aromatic heterocycles. The van der Waals surface area contributed by atoms with Crippen LogP contribution in [0.15, 0.2) is 0 Å². The Labute approximate surface area is 90.7 Å². The fraction of sp³-hybridized carbons (Fsp3) is 0.909. The fourth-order valence-electron chi connectivity index (χ4n) is 2.59. The average Bonchev–Trinajstić information content (AvgIpc) is 2.63. The van der Waals surface area contributed by atoms with Gasteiger partial charge in [-0.05, 0) is 18.8 Å². The Morgan fingerprint density at radius 3 is 2.73 bits per heavy atom. The number of hydroxylamine groups is 2. The van der Waals surface area contributed by atoms with E-state index < -0.39 is 0 Å². The molecule has 0 aromatic rings. The fourth-order valence-corrected chi connectivity index (χ4v) is 2.59. The van der Waals surface area contributed by atoms with Crippen LogP contribution in [-0.2, 0) is 9.63 Å². The highest BCUT2D eigenvalue weighted by Gasteiger charge is 2.36. The second kappa shape index (κ2) is 4.94.